The molecular weight excluding hydrogens is 337 g/mol. The summed E-state index contributed by atoms with van der Waals surface area (Å²) in [4.78, 5) is 27.1. The lowest BCUT2D eigenvalue weighted by atomic mass is 9.99. The molecule has 0 bridgehead atoms. The van der Waals surface area contributed by atoms with Gasteiger partial charge in [-0.1, -0.05) is 6.07 Å². The first-order valence-electron chi connectivity index (χ1n) is 7.88. The second kappa shape index (κ2) is 6.73. The molecular formula is C16H17F3N4O2. The van der Waals surface area contributed by atoms with Crippen molar-refractivity contribution in [2.24, 2.45) is 5.92 Å². The van der Waals surface area contributed by atoms with Gasteiger partial charge in [0, 0.05) is 38.0 Å². The van der Waals surface area contributed by atoms with Gasteiger partial charge in [-0.25, -0.2) is 4.98 Å². The number of aromatic nitrogens is 3. The van der Waals surface area contributed by atoms with E-state index >= 15 is 0 Å². The van der Waals surface area contributed by atoms with Gasteiger partial charge in [0.1, 0.15) is 12.4 Å². The highest BCUT2D eigenvalue weighted by Crippen LogP contribution is 2.30. The minimum atomic E-state index is -4.45. The normalized spacial score (nSPS) is 17.2. The van der Waals surface area contributed by atoms with Gasteiger partial charge in [0.25, 0.3) is 5.56 Å². The van der Waals surface area contributed by atoms with Crippen LogP contribution in [0.3, 0.4) is 0 Å². The van der Waals surface area contributed by atoms with Crippen molar-refractivity contribution in [2.75, 3.05) is 6.54 Å². The zero-order valence-electron chi connectivity index (χ0n) is 13.3. The SMILES string of the molecule is O=C(Cn1ccccc1=O)NCC1CCc2nc(C(F)(F)F)cn2C1. The topological polar surface area (TPSA) is 68.9 Å². The van der Waals surface area contributed by atoms with Crippen LogP contribution in [-0.4, -0.2) is 26.6 Å². The molecule has 0 saturated carbocycles. The molecule has 1 aliphatic heterocycles. The number of hydrogen-bond donors (Lipinski definition) is 1. The molecule has 0 radical (unpaired) electrons. The lowest BCUT2D eigenvalue weighted by Crippen LogP contribution is -2.37. The summed E-state index contributed by atoms with van der Waals surface area (Å²) in [5.41, 5.74) is -1.14. The summed E-state index contributed by atoms with van der Waals surface area (Å²) in [6.45, 7) is 0.643. The third-order valence-corrected chi connectivity index (χ3v) is 4.18. The average Bonchev–Trinajstić information content (AvgIpc) is 2.99. The van der Waals surface area contributed by atoms with Gasteiger partial charge < -0.3 is 14.5 Å². The van der Waals surface area contributed by atoms with Gasteiger partial charge in [-0.3, -0.25) is 9.59 Å². The first kappa shape index (κ1) is 17.2. The van der Waals surface area contributed by atoms with Gasteiger partial charge in [-0.05, 0) is 18.4 Å². The predicted molar refractivity (Wildman–Crippen MR) is 82.8 cm³/mol. The summed E-state index contributed by atoms with van der Waals surface area (Å²) < 4.78 is 40.9. The molecule has 1 aliphatic rings. The number of halogens is 3. The molecule has 0 fully saturated rings. The number of imidazole rings is 1. The lowest BCUT2D eigenvalue weighted by molar-refractivity contribution is -0.141. The second-order valence-electron chi connectivity index (χ2n) is 6.07. The fourth-order valence-corrected chi connectivity index (χ4v) is 2.88. The number of fused-ring (bicyclic) bond motifs is 1. The Morgan fingerprint density at radius 3 is 2.88 bits per heavy atom. The first-order chi connectivity index (χ1) is 11.8. The van der Waals surface area contributed by atoms with Gasteiger partial charge in [-0.15, -0.1) is 0 Å². The summed E-state index contributed by atoms with van der Waals surface area (Å²) in [7, 11) is 0. The molecule has 2 aromatic heterocycles. The van der Waals surface area contributed by atoms with Crippen molar-refractivity contribution in [3.63, 3.8) is 0 Å². The molecule has 1 atom stereocenters. The third-order valence-electron chi connectivity index (χ3n) is 4.18. The fraction of sp³-hybridized carbons (Fsp3) is 0.438. The van der Waals surface area contributed by atoms with Crippen molar-refractivity contribution >= 4 is 5.91 Å². The number of amides is 1. The van der Waals surface area contributed by atoms with E-state index in [4.69, 9.17) is 0 Å². The number of rotatable bonds is 4. The van der Waals surface area contributed by atoms with Gasteiger partial charge in [0.05, 0.1) is 0 Å². The zero-order valence-corrected chi connectivity index (χ0v) is 13.3. The van der Waals surface area contributed by atoms with Crippen LogP contribution in [0, 0.1) is 5.92 Å². The van der Waals surface area contributed by atoms with Gasteiger partial charge >= 0.3 is 6.18 Å². The summed E-state index contributed by atoms with van der Waals surface area (Å²) >= 11 is 0. The van der Waals surface area contributed by atoms with E-state index in [-0.39, 0.29) is 23.9 Å². The highest BCUT2D eigenvalue weighted by Gasteiger charge is 2.35. The van der Waals surface area contributed by atoms with Crippen molar-refractivity contribution in [2.45, 2.75) is 32.1 Å². The van der Waals surface area contributed by atoms with Gasteiger partial charge in [-0.2, -0.15) is 13.2 Å². The van der Waals surface area contributed by atoms with Crippen LogP contribution in [0.25, 0.3) is 0 Å². The Hall–Kier alpha value is -2.58. The molecule has 0 spiro atoms. The minimum Gasteiger partial charge on any atom is -0.354 e. The van der Waals surface area contributed by atoms with Crippen LogP contribution in [0.4, 0.5) is 13.2 Å². The number of nitrogens with zero attached hydrogens (tertiary/aromatic N) is 3. The fourth-order valence-electron chi connectivity index (χ4n) is 2.88. The van der Waals surface area contributed by atoms with E-state index < -0.39 is 11.9 Å². The predicted octanol–water partition coefficient (Wildman–Crippen LogP) is 1.44. The molecule has 1 amide bonds. The number of carbonyl (C=O) groups is 1. The summed E-state index contributed by atoms with van der Waals surface area (Å²) in [6.07, 6.45) is -0.808. The quantitative estimate of drug-likeness (QED) is 0.903. The maximum absolute atomic E-state index is 12.7. The second-order valence-corrected chi connectivity index (χ2v) is 6.07. The highest BCUT2D eigenvalue weighted by atomic mass is 19.4. The van der Waals surface area contributed by atoms with Crippen LogP contribution in [-0.2, 0) is 30.5 Å². The summed E-state index contributed by atoms with van der Waals surface area (Å²) in [5.74, 6) is 0.144. The maximum atomic E-state index is 12.7. The van der Waals surface area contributed by atoms with E-state index in [1.54, 1.807) is 12.1 Å². The van der Waals surface area contributed by atoms with E-state index in [0.29, 0.717) is 31.8 Å². The molecule has 9 heteroatoms. The molecule has 1 N–H and O–H groups in total. The van der Waals surface area contributed by atoms with Crippen molar-refractivity contribution in [3.8, 4) is 0 Å². The molecule has 6 nitrogen and oxygen atoms in total. The maximum Gasteiger partial charge on any atom is 0.434 e. The lowest BCUT2D eigenvalue weighted by Gasteiger charge is -2.23. The van der Waals surface area contributed by atoms with Crippen LogP contribution < -0.4 is 10.9 Å². The Balaban J connectivity index is 1.55. The molecule has 0 saturated heterocycles. The van der Waals surface area contributed by atoms with Crippen molar-refractivity contribution in [3.05, 3.63) is 52.5 Å². The van der Waals surface area contributed by atoms with Gasteiger partial charge in [0.2, 0.25) is 5.91 Å². The molecule has 134 valence electrons. The van der Waals surface area contributed by atoms with E-state index in [2.05, 4.69) is 10.3 Å². The van der Waals surface area contributed by atoms with Crippen molar-refractivity contribution in [1.29, 1.82) is 0 Å². The largest absolute Gasteiger partial charge is 0.434 e. The molecule has 3 heterocycles. The van der Waals surface area contributed by atoms with E-state index in [1.807, 2.05) is 0 Å². The number of carbonyl (C=O) groups excluding carboxylic acids is 1. The Morgan fingerprint density at radius 2 is 2.16 bits per heavy atom. The molecule has 0 aliphatic carbocycles. The minimum absolute atomic E-state index is 0.0271. The smallest absolute Gasteiger partial charge is 0.354 e. The highest BCUT2D eigenvalue weighted by molar-refractivity contribution is 5.75. The Labute approximate surface area is 141 Å². The molecule has 3 rings (SSSR count). The summed E-state index contributed by atoms with van der Waals surface area (Å²) in [6, 6.07) is 4.62. The van der Waals surface area contributed by atoms with Crippen molar-refractivity contribution < 1.29 is 18.0 Å². The molecule has 2 aromatic rings. The van der Waals surface area contributed by atoms with E-state index in [0.717, 1.165) is 6.20 Å². The zero-order chi connectivity index (χ0) is 18.0. The van der Waals surface area contributed by atoms with Crippen LogP contribution >= 0.6 is 0 Å². The van der Waals surface area contributed by atoms with E-state index in [9.17, 15) is 22.8 Å². The first-order valence-corrected chi connectivity index (χ1v) is 7.88. The van der Waals surface area contributed by atoms with Gasteiger partial charge in [0.15, 0.2) is 5.69 Å². The Bertz CT molecular complexity index is 825. The number of alkyl halides is 3. The molecule has 0 aromatic carbocycles. The van der Waals surface area contributed by atoms with Crippen LogP contribution in [0.15, 0.2) is 35.4 Å². The van der Waals surface area contributed by atoms with Crippen LogP contribution in [0.5, 0.6) is 0 Å². The van der Waals surface area contributed by atoms with Crippen LogP contribution in [0.1, 0.15) is 17.9 Å². The standard InChI is InChI=1S/C16H17F3N4O2/c17-16(18,19)12-9-23-8-11(4-5-13(23)21-12)7-20-14(24)10-22-6-2-1-3-15(22)25/h1-3,6,9,11H,4-5,7-8,10H2,(H,20,24). The Kier molecular flexibility index (Phi) is 4.65. The number of hydrogen-bond acceptors (Lipinski definition) is 3. The number of aryl methyl sites for hydroxylation is 1. The monoisotopic (exact) mass is 354 g/mol. The number of pyridine rings is 1. The molecule has 1 unspecified atom stereocenters. The van der Waals surface area contributed by atoms with Crippen LogP contribution in [0.2, 0.25) is 0 Å². The Morgan fingerprint density at radius 1 is 1.36 bits per heavy atom. The van der Waals surface area contributed by atoms with E-state index in [1.165, 1.54) is 21.4 Å². The number of nitrogens with one attached hydrogen (secondary N) is 1. The van der Waals surface area contributed by atoms with Crippen molar-refractivity contribution in [1.82, 2.24) is 19.4 Å². The third kappa shape index (κ3) is 4.09. The summed E-state index contributed by atoms with van der Waals surface area (Å²) in [5, 5.41) is 2.74. The average molecular weight is 354 g/mol. The molecule has 25 heavy (non-hydrogen) atoms.